The van der Waals surface area contributed by atoms with E-state index in [4.69, 9.17) is 19.3 Å². The summed E-state index contributed by atoms with van der Waals surface area (Å²) in [6, 6.07) is 12.5. The standard InChI is InChI=1S/C28H32N4O7S2/c1-18(2)17-39-24-10-7-21(15-22(24)16-29)26-31-19(3)25(40-26)28(34)38-14-12-32(4)11-13-37-27(33)20-5-8-23(9-6-20)41(30,35)36/h5-10,15,18H,11-14,17H2,1-4H3,(H2,30,35,36). The molecule has 0 atom stereocenters. The minimum Gasteiger partial charge on any atom is -0.492 e. The lowest BCUT2D eigenvalue weighted by atomic mass is 10.1. The molecule has 3 aromatic rings. The third-order valence-electron chi connectivity index (χ3n) is 5.73. The van der Waals surface area contributed by atoms with Crippen LogP contribution < -0.4 is 9.88 Å². The molecular formula is C28H32N4O7S2. The molecule has 0 spiro atoms. The molecule has 11 nitrogen and oxygen atoms in total. The van der Waals surface area contributed by atoms with Gasteiger partial charge in [-0.2, -0.15) is 5.26 Å². The number of sulfonamides is 1. The number of hydrogen-bond donors (Lipinski definition) is 1. The van der Waals surface area contributed by atoms with E-state index in [-0.39, 0.29) is 23.7 Å². The van der Waals surface area contributed by atoms with Crippen molar-refractivity contribution in [2.45, 2.75) is 25.7 Å². The second-order valence-electron chi connectivity index (χ2n) is 9.61. The van der Waals surface area contributed by atoms with E-state index < -0.39 is 22.0 Å². The van der Waals surface area contributed by atoms with Crippen molar-refractivity contribution in [2.75, 3.05) is 40.0 Å². The van der Waals surface area contributed by atoms with Gasteiger partial charge in [0.25, 0.3) is 0 Å². The van der Waals surface area contributed by atoms with Gasteiger partial charge in [0.1, 0.15) is 34.9 Å². The lowest BCUT2D eigenvalue weighted by molar-refractivity contribution is 0.0421. The van der Waals surface area contributed by atoms with Crippen molar-refractivity contribution in [2.24, 2.45) is 11.1 Å². The molecule has 0 aliphatic heterocycles. The Morgan fingerprint density at radius 2 is 1.71 bits per heavy atom. The zero-order valence-electron chi connectivity index (χ0n) is 23.2. The summed E-state index contributed by atoms with van der Waals surface area (Å²) in [5, 5.41) is 15.2. The van der Waals surface area contributed by atoms with Gasteiger partial charge < -0.3 is 14.2 Å². The topological polar surface area (TPSA) is 162 Å². The number of aryl methyl sites for hydroxylation is 1. The van der Waals surface area contributed by atoms with Crippen LogP contribution in [0.4, 0.5) is 0 Å². The molecule has 2 aromatic carbocycles. The monoisotopic (exact) mass is 600 g/mol. The van der Waals surface area contributed by atoms with Gasteiger partial charge in [-0.15, -0.1) is 11.3 Å². The number of primary sulfonamides is 1. The molecule has 3 rings (SSSR count). The van der Waals surface area contributed by atoms with Crippen LogP contribution in [0.25, 0.3) is 10.6 Å². The van der Waals surface area contributed by atoms with E-state index in [9.17, 15) is 23.3 Å². The molecule has 0 saturated heterocycles. The highest BCUT2D eigenvalue weighted by Crippen LogP contribution is 2.31. The van der Waals surface area contributed by atoms with Crippen LogP contribution in [0.3, 0.4) is 0 Å². The average molecular weight is 601 g/mol. The average Bonchev–Trinajstić information content (AvgIpc) is 3.32. The molecule has 0 bridgehead atoms. The predicted molar refractivity (Wildman–Crippen MR) is 153 cm³/mol. The maximum Gasteiger partial charge on any atom is 0.350 e. The van der Waals surface area contributed by atoms with Gasteiger partial charge >= 0.3 is 11.9 Å². The van der Waals surface area contributed by atoms with Gasteiger partial charge in [0.05, 0.1) is 28.3 Å². The first-order valence-electron chi connectivity index (χ1n) is 12.7. The molecule has 0 aliphatic rings. The van der Waals surface area contributed by atoms with Crippen molar-refractivity contribution in [3.63, 3.8) is 0 Å². The maximum atomic E-state index is 12.7. The van der Waals surface area contributed by atoms with Crippen molar-refractivity contribution >= 4 is 33.3 Å². The Morgan fingerprint density at radius 3 is 2.29 bits per heavy atom. The fourth-order valence-corrected chi connectivity index (χ4v) is 4.94. The zero-order chi connectivity index (χ0) is 30.2. The number of likely N-dealkylation sites (N-methyl/N-ethyl adjacent to an activating group) is 1. The van der Waals surface area contributed by atoms with Crippen LogP contribution in [-0.4, -0.2) is 70.2 Å². The van der Waals surface area contributed by atoms with E-state index in [1.807, 2.05) is 24.8 Å². The van der Waals surface area contributed by atoms with Crippen LogP contribution in [0.2, 0.25) is 0 Å². The van der Waals surface area contributed by atoms with E-state index in [0.717, 1.165) is 0 Å². The number of ether oxygens (including phenoxy) is 3. The fraction of sp³-hybridized carbons (Fsp3) is 0.357. The highest BCUT2D eigenvalue weighted by molar-refractivity contribution is 7.89. The number of nitriles is 1. The molecule has 0 unspecified atom stereocenters. The fourth-order valence-electron chi connectivity index (χ4n) is 3.47. The van der Waals surface area contributed by atoms with Crippen molar-refractivity contribution in [1.82, 2.24) is 9.88 Å². The van der Waals surface area contributed by atoms with Crippen LogP contribution in [0.1, 0.15) is 45.1 Å². The second-order valence-corrected chi connectivity index (χ2v) is 12.2. The first kappa shape index (κ1) is 31.7. The first-order chi connectivity index (χ1) is 19.4. The number of carbonyl (C=O) groups excluding carboxylic acids is 2. The quantitative estimate of drug-likeness (QED) is 0.287. The normalized spacial score (nSPS) is 11.4. The van der Waals surface area contributed by atoms with Crippen LogP contribution in [0.5, 0.6) is 5.75 Å². The summed E-state index contributed by atoms with van der Waals surface area (Å²) in [7, 11) is -2.05. The van der Waals surface area contributed by atoms with Gasteiger partial charge in [0, 0.05) is 18.7 Å². The third-order valence-corrected chi connectivity index (χ3v) is 7.85. The molecule has 2 N–H and O–H groups in total. The number of nitrogens with two attached hydrogens (primary N) is 1. The minimum atomic E-state index is -3.84. The Bertz CT molecular complexity index is 1530. The Morgan fingerprint density at radius 1 is 1.07 bits per heavy atom. The molecule has 0 radical (unpaired) electrons. The zero-order valence-corrected chi connectivity index (χ0v) is 24.9. The van der Waals surface area contributed by atoms with E-state index in [2.05, 4.69) is 11.1 Å². The number of nitrogens with zero attached hydrogens (tertiary/aromatic N) is 3. The van der Waals surface area contributed by atoms with Crippen molar-refractivity contribution in [3.05, 3.63) is 64.2 Å². The highest BCUT2D eigenvalue weighted by atomic mass is 32.2. The number of rotatable bonds is 13. The van der Waals surface area contributed by atoms with Crippen molar-refractivity contribution in [3.8, 4) is 22.4 Å². The molecule has 0 aliphatic carbocycles. The second kappa shape index (κ2) is 14.2. The van der Waals surface area contributed by atoms with Gasteiger partial charge in [-0.05, 0) is 62.4 Å². The summed E-state index contributed by atoms with van der Waals surface area (Å²) in [6.07, 6.45) is 0. The number of aromatic nitrogens is 1. The summed E-state index contributed by atoms with van der Waals surface area (Å²) < 4.78 is 39.0. The summed E-state index contributed by atoms with van der Waals surface area (Å²) in [5.41, 5.74) is 1.84. The minimum absolute atomic E-state index is 0.0868. The van der Waals surface area contributed by atoms with Gasteiger partial charge in [-0.1, -0.05) is 13.8 Å². The predicted octanol–water partition coefficient (Wildman–Crippen LogP) is 3.62. The van der Waals surface area contributed by atoms with E-state index >= 15 is 0 Å². The number of thiazole rings is 1. The molecule has 1 heterocycles. The largest absolute Gasteiger partial charge is 0.492 e. The Hall–Kier alpha value is -3.83. The lowest BCUT2D eigenvalue weighted by Crippen LogP contribution is -2.28. The van der Waals surface area contributed by atoms with Gasteiger partial charge in [-0.25, -0.2) is 28.1 Å². The summed E-state index contributed by atoms with van der Waals surface area (Å²) in [4.78, 5) is 31.5. The Labute approximate surface area is 243 Å². The van der Waals surface area contributed by atoms with Crippen LogP contribution in [0, 0.1) is 24.2 Å². The summed E-state index contributed by atoms with van der Waals surface area (Å²) >= 11 is 1.19. The van der Waals surface area contributed by atoms with E-state index in [1.54, 1.807) is 26.1 Å². The van der Waals surface area contributed by atoms with Crippen LogP contribution in [-0.2, 0) is 19.5 Å². The van der Waals surface area contributed by atoms with Crippen LogP contribution in [0.15, 0.2) is 47.4 Å². The molecule has 41 heavy (non-hydrogen) atoms. The smallest absolute Gasteiger partial charge is 0.350 e. The molecule has 218 valence electrons. The maximum absolute atomic E-state index is 12.7. The Balaban J connectivity index is 1.47. The van der Waals surface area contributed by atoms with E-state index in [1.165, 1.54) is 35.6 Å². The molecule has 1 aromatic heterocycles. The Kier molecular flexibility index (Phi) is 11.0. The van der Waals surface area contributed by atoms with Gasteiger partial charge in [0.15, 0.2) is 0 Å². The highest BCUT2D eigenvalue weighted by Gasteiger charge is 2.19. The summed E-state index contributed by atoms with van der Waals surface area (Å²) in [6.45, 7) is 7.28. The number of benzene rings is 2. The summed E-state index contributed by atoms with van der Waals surface area (Å²) in [5.74, 6) is -0.255. The van der Waals surface area contributed by atoms with Gasteiger partial charge in [0.2, 0.25) is 10.0 Å². The molecule has 0 fully saturated rings. The number of esters is 2. The first-order valence-corrected chi connectivity index (χ1v) is 15.1. The van der Waals surface area contributed by atoms with E-state index in [0.29, 0.717) is 58.1 Å². The molecule has 0 amide bonds. The van der Waals surface area contributed by atoms with Crippen molar-refractivity contribution in [1.29, 1.82) is 5.26 Å². The molecule has 0 saturated carbocycles. The van der Waals surface area contributed by atoms with Crippen molar-refractivity contribution < 1.29 is 32.2 Å². The van der Waals surface area contributed by atoms with Crippen LogP contribution >= 0.6 is 11.3 Å². The SMILES string of the molecule is Cc1nc(-c2ccc(OCC(C)C)c(C#N)c2)sc1C(=O)OCCN(C)CCOC(=O)c1ccc(S(N)(=O)=O)cc1. The number of hydrogen-bond acceptors (Lipinski definition) is 11. The lowest BCUT2D eigenvalue weighted by Gasteiger charge is -2.16. The molecule has 13 heteroatoms. The molecular weight excluding hydrogens is 568 g/mol. The number of carbonyl (C=O) groups is 2. The van der Waals surface area contributed by atoms with Gasteiger partial charge in [-0.3, -0.25) is 4.90 Å². The third kappa shape index (κ3) is 9.09.